The number of nitrogens with zero attached hydrogens (tertiary/aromatic N) is 1. The second-order valence-electron chi connectivity index (χ2n) is 3.80. The first-order chi connectivity index (χ1) is 8.40. The van der Waals surface area contributed by atoms with E-state index in [1.165, 1.54) is 18.2 Å². The van der Waals surface area contributed by atoms with Crippen LogP contribution in [0.4, 0.5) is 0 Å². The minimum Gasteiger partial charge on any atom is -0.316 e. The maximum absolute atomic E-state index is 11.9. The lowest BCUT2D eigenvalue weighted by molar-refractivity contribution is 0.554. The fourth-order valence-corrected chi connectivity index (χ4v) is 2.62. The van der Waals surface area contributed by atoms with Gasteiger partial charge in [-0.25, -0.2) is 13.1 Å². The van der Waals surface area contributed by atoms with Crippen LogP contribution in [0.2, 0.25) is 5.02 Å². The minimum absolute atomic E-state index is 0. The molecule has 5 nitrogen and oxygen atoms in total. The molecule has 0 radical (unpaired) electrons. The number of benzene rings is 1. The van der Waals surface area contributed by atoms with Crippen molar-refractivity contribution in [2.24, 2.45) is 0 Å². The predicted octanol–water partition coefficient (Wildman–Crippen LogP) is 1.52. The Kier molecular flexibility index (Phi) is 7.34. The molecule has 1 aromatic rings. The molecule has 1 rings (SSSR count). The van der Waals surface area contributed by atoms with Crippen molar-refractivity contribution in [1.82, 2.24) is 10.0 Å². The van der Waals surface area contributed by atoms with Crippen LogP contribution in [-0.4, -0.2) is 28.1 Å². The molecule has 0 heterocycles. The summed E-state index contributed by atoms with van der Waals surface area (Å²) in [7, 11) is -1.85. The summed E-state index contributed by atoms with van der Waals surface area (Å²) in [6, 6.07) is 5.91. The first kappa shape index (κ1) is 18.2. The highest BCUT2D eigenvalue weighted by atomic mass is 35.5. The Balaban J connectivity index is 0.00000324. The van der Waals surface area contributed by atoms with Gasteiger partial charge in [0, 0.05) is 12.6 Å². The molecule has 0 bridgehead atoms. The van der Waals surface area contributed by atoms with E-state index in [1.807, 2.05) is 13.0 Å². The molecule has 19 heavy (non-hydrogen) atoms. The van der Waals surface area contributed by atoms with Crippen molar-refractivity contribution in [3.63, 3.8) is 0 Å². The molecule has 0 aliphatic rings. The van der Waals surface area contributed by atoms with Gasteiger partial charge in [0.15, 0.2) is 0 Å². The summed E-state index contributed by atoms with van der Waals surface area (Å²) < 4.78 is 26.3. The molecule has 1 atom stereocenters. The molecule has 0 aliphatic heterocycles. The predicted molar refractivity (Wildman–Crippen MR) is 77.1 cm³/mol. The van der Waals surface area contributed by atoms with Gasteiger partial charge in [-0.1, -0.05) is 11.6 Å². The molecule has 0 spiro atoms. The Morgan fingerprint density at radius 3 is 2.58 bits per heavy atom. The quantitative estimate of drug-likeness (QED) is 0.860. The summed E-state index contributed by atoms with van der Waals surface area (Å²) in [5.41, 5.74) is 0.249. The van der Waals surface area contributed by atoms with Crippen molar-refractivity contribution in [3.05, 3.63) is 28.8 Å². The van der Waals surface area contributed by atoms with E-state index in [2.05, 4.69) is 10.0 Å². The van der Waals surface area contributed by atoms with E-state index in [1.54, 1.807) is 7.05 Å². The third-order valence-corrected chi connectivity index (χ3v) is 4.18. The Hall–Kier alpha value is -0.840. The number of nitrogens with one attached hydrogen (secondary N) is 2. The zero-order valence-electron chi connectivity index (χ0n) is 10.5. The van der Waals surface area contributed by atoms with E-state index in [9.17, 15) is 8.42 Å². The van der Waals surface area contributed by atoms with E-state index < -0.39 is 10.0 Å². The highest BCUT2D eigenvalue weighted by Gasteiger charge is 2.16. The van der Waals surface area contributed by atoms with Crippen LogP contribution in [0.3, 0.4) is 0 Å². The molecule has 1 unspecified atom stereocenters. The standard InChI is InChI=1S/C11H14ClN3O2S.ClH/c1-8(14-2)7-15-18(16,17)10-4-3-9(6-13)11(12)5-10;/h3-5,8,14-15H,7H2,1-2H3;1H. The van der Waals surface area contributed by atoms with E-state index in [-0.39, 0.29) is 40.5 Å². The molecule has 0 amide bonds. The van der Waals surface area contributed by atoms with Crippen molar-refractivity contribution in [2.45, 2.75) is 17.9 Å². The normalized spacial score (nSPS) is 12.3. The van der Waals surface area contributed by atoms with E-state index in [0.717, 1.165) is 0 Å². The molecular weight excluding hydrogens is 309 g/mol. The number of rotatable bonds is 5. The van der Waals surface area contributed by atoms with Gasteiger partial charge in [-0.15, -0.1) is 12.4 Å². The van der Waals surface area contributed by atoms with Crippen LogP contribution in [0.15, 0.2) is 23.1 Å². The number of hydrogen-bond donors (Lipinski definition) is 2. The van der Waals surface area contributed by atoms with Gasteiger partial charge < -0.3 is 5.32 Å². The van der Waals surface area contributed by atoms with Gasteiger partial charge in [-0.05, 0) is 32.2 Å². The summed E-state index contributed by atoms with van der Waals surface area (Å²) in [5.74, 6) is 0. The molecule has 0 aromatic heterocycles. The fourth-order valence-electron chi connectivity index (χ4n) is 1.17. The van der Waals surface area contributed by atoms with Gasteiger partial charge in [-0.2, -0.15) is 5.26 Å². The zero-order valence-corrected chi connectivity index (χ0v) is 12.9. The third-order valence-electron chi connectivity index (χ3n) is 2.44. The van der Waals surface area contributed by atoms with Crippen LogP contribution >= 0.6 is 24.0 Å². The highest BCUT2D eigenvalue weighted by Crippen LogP contribution is 2.19. The van der Waals surface area contributed by atoms with Crippen LogP contribution in [0.1, 0.15) is 12.5 Å². The highest BCUT2D eigenvalue weighted by molar-refractivity contribution is 7.89. The molecule has 0 aliphatic carbocycles. The first-order valence-electron chi connectivity index (χ1n) is 5.27. The van der Waals surface area contributed by atoms with Crippen molar-refractivity contribution in [2.75, 3.05) is 13.6 Å². The van der Waals surface area contributed by atoms with Crippen LogP contribution in [-0.2, 0) is 10.0 Å². The Morgan fingerprint density at radius 1 is 1.47 bits per heavy atom. The molecule has 106 valence electrons. The average Bonchev–Trinajstić information content (AvgIpc) is 2.35. The third kappa shape index (κ3) is 4.97. The number of halogens is 2. The van der Waals surface area contributed by atoms with Gasteiger partial charge in [0.1, 0.15) is 6.07 Å². The first-order valence-corrected chi connectivity index (χ1v) is 7.13. The second-order valence-corrected chi connectivity index (χ2v) is 5.97. The van der Waals surface area contributed by atoms with E-state index in [4.69, 9.17) is 16.9 Å². The minimum atomic E-state index is -3.60. The lowest BCUT2D eigenvalue weighted by Gasteiger charge is -2.12. The summed E-state index contributed by atoms with van der Waals surface area (Å²) in [4.78, 5) is 0.0507. The topological polar surface area (TPSA) is 82.0 Å². The van der Waals surface area contributed by atoms with Gasteiger partial charge in [0.2, 0.25) is 10.0 Å². The molecule has 0 saturated heterocycles. The SMILES string of the molecule is CNC(C)CNS(=O)(=O)c1ccc(C#N)c(Cl)c1.Cl. The molecule has 1 aromatic carbocycles. The Bertz CT molecular complexity index is 570. The average molecular weight is 324 g/mol. The maximum atomic E-state index is 11.9. The van der Waals surface area contributed by atoms with Crippen molar-refractivity contribution < 1.29 is 8.42 Å². The van der Waals surface area contributed by atoms with Gasteiger partial charge in [-0.3, -0.25) is 0 Å². The number of sulfonamides is 1. The number of nitriles is 1. The summed E-state index contributed by atoms with van der Waals surface area (Å²) >= 11 is 5.80. The molecular formula is C11H15Cl2N3O2S. The van der Waals surface area contributed by atoms with Crippen molar-refractivity contribution in [1.29, 1.82) is 5.26 Å². The van der Waals surface area contributed by atoms with Gasteiger partial charge in [0.25, 0.3) is 0 Å². The molecule has 8 heteroatoms. The number of hydrogen-bond acceptors (Lipinski definition) is 4. The van der Waals surface area contributed by atoms with E-state index in [0.29, 0.717) is 0 Å². The summed E-state index contributed by atoms with van der Waals surface area (Å²) in [5, 5.41) is 11.8. The smallest absolute Gasteiger partial charge is 0.240 e. The lowest BCUT2D eigenvalue weighted by atomic mass is 10.2. The lowest BCUT2D eigenvalue weighted by Crippen LogP contribution is -2.37. The van der Waals surface area contributed by atoms with Crippen LogP contribution in [0.5, 0.6) is 0 Å². The van der Waals surface area contributed by atoms with Crippen molar-refractivity contribution >= 4 is 34.0 Å². The molecule has 0 fully saturated rings. The fraction of sp³-hybridized carbons (Fsp3) is 0.364. The van der Waals surface area contributed by atoms with Gasteiger partial charge in [0.05, 0.1) is 15.5 Å². The second kappa shape index (κ2) is 7.68. The monoisotopic (exact) mass is 323 g/mol. The van der Waals surface area contributed by atoms with Crippen LogP contribution < -0.4 is 10.0 Å². The Labute approximate surface area is 124 Å². The summed E-state index contributed by atoms with van der Waals surface area (Å²) in [6.45, 7) is 2.13. The molecule has 2 N–H and O–H groups in total. The molecule has 0 saturated carbocycles. The Morgan fingerprint density at radius 2 is 2.11 bits per heavy atom. The maximum Gasteiger partial charge on any atom is 0.240 e. The number of likely N-dealkylation sites (N-methyl/N-ethyl adjacent to an activating group) is 1. The van der Waals surface area contributed by atoms with E-state index >= 15 is 0 Å². The van der Waals surface area contributed by atoms with Crippen LogP contribution in [0, 0.1) is 11.3 Å². The van der Waals surface area contributed by atoms with Crippen LogP contribution in [0.25, 0.3) is 0 Å². The summed E-state index contributed by atoms with van der Waals surface area (Å²) in [6.07, 6.45) is 0. The van der Waals surface area contributed by atoms with Crippen molar-refractivity contribution in [3.8, 4) is 6.07 Å². The van der Waals surface area contributed by atoms with Gasteiger partial charge >= 0.3 is 0 Å². The zero-order chi connectivity index (χ0) is 13.8. The largest absolute Gasteiger partial charge is 0.316 e.